The number of amides is 1. The Morgan fingerprint density at radius 2 is 1.81 bits per heavy atom. The molecule has 0 aliphatic carbocycles. The van der Waals surface area contributed by atoms with Gasteiger partial charge in [0.1, 0.15) is 5.75 Å². The van der Waals surface area contributed by atoms with Crippen LogP contribution in [0.1, 0.15) is 11.1 Å². The number of carboxylic acid groups (broad SMARTS) is 1. The van der Waals surface area contributed by atoms with Crippen LogP contribution in [0.4, 0.5) is 0 Å². The van der Waals surface area contributed by atoms with E-state index in [4.69, 9.17) is 21.4 Å². The number of rotatable bonds is 10. The maximum atomic E-state index is 12.5. The Kier molecular flexibility index (Phi) is 8.55. The maximum absolute atomic E-state index is 12.5. The molecule has 0 fully saturated rings. The second-order valence-electron chi connectivity index (χ2n) is 7.79. The zero-order chi connectivity index (χ0) is 26.2. The normalized spacial score (nSPS) is 11.0. The van der Waals surface area contributed by atoms with Crippen LogP contribution in [0.15, 0.2) is 83.1 Å². The van der Waals surface area contributed by atoms with E-state index in [9.17, 15) is 9.59 Å². The fourth-order valence-electron chi connectivity index (χ4n) is 3.27. The molecule has 37 heavy (non-hydrogen) atoms. The predicted molar refractivity (Wildman–Crippen MR) is 143 cm³/mol. The van der Waals surface area contributed by atoms with Gasteiger partial charge in [-0.2, -0.15) is 5.10 Å². The van der Waals surface area contributed by atoms with Crippen LogP contribution in [-0.2, 0) is 9.59 Å². The first-order chi connectivity index (χ1) is 17.9. The monoisotopic (exact) mass is 535 g/mol. The number of para-hydroxylation sites is 1. The molecule has 1 aromatic heterocycles. The third-order valence-corrected chi connectivity index (χ3v) is 6.20. The number of aromatic nitrogens is 3. The predicted octanol–water partition coefficient (Wildman–Crippen LogP) is 4.60. The minimum Gasteiger partial charge on any atom is -0.481 e. The standard InChI is InChI=1S/C26H22ClN5O4S/c1-17-6-12-21(13-7-17)32-25(18-8-10-20(27)11-9-18)30-31-26(32)37-16-23(33)29-28-14-19-4-2-3-5-22(19)36-15-24(34)35/h2-14H,15-16H2,1H3,(H,29,33)(H,34,35). The van der Waals surface area contributed by atoms with Crippen LogP contribution in [0.2, 0.25) is 5.02 Å². The van der Waals surface area contributed by atoms with E-state index in [2.05, 4.69) is 20.7 Å². The van der Waals surface area contributed by atoms with Gasteiger partial charge in [-0.1, -0.05) is 53.2 Å². The topological polar surface area (TPSA) is 119 Å². The smallest absolute Gasteiger partial charge is 0.341 e. The lowest BCUT2D eigenvalue weighted by Gasteiger charge is -2.11. The molecule has 0 aliphatic rings. The average molecular weight is 536 g/mol. The molecule has 0 saturated carbocycles. The molecule has 9 nitrogen and oxygen atoms in total. The molecule has 11 heteroatoms. The highest BCUT2D eigenvalue weighted by Gasteiger charge is 2.17. The minimum atomic E-state index is -1.09. The highest BCUT2D eigenvalue weighted by atomic mass is 35.5. The summed E-state index contributed by atoms with van der Waals surface area (Å²) in [4.78, 5) is 23.3. The van der Waals surface area contributed by atoms with Crippen molar-refractivity contribution in [2.45, 2.75) is 12.1 Å². The van der Waals surface area contributed by atoms with E-state index < -0.39 is 12.6 Å². The Labute approximate surface area is 222 Å². The molecule has 0 bridgehead atoms. The van der Waals surface area contributed by atoms with Crippen molar-refractivity contribution >= 4 is 41.5 Å². The van der Waals surface area contributed by atoms with Gasteiger partial charge in [-0.15, -0.1) is 10.2 Å². The summed E-state index contributed by atoms with van der Waals surface area (Å²) in [5, 5.41) is 22.6. The first-order valence-electron chi connectivity index (χ1n) is 11.1. The maximum Gasteiger partial charge on any atom is 0.341 e. The van der Waals surface area contributed by atoms with E-state index in [1.807, 2.05) is 47.9 Å². The van der Waals surface area contributed by atoms with Gasteiger partial charge in [-0.3, -0.25) is 9.36 Å². The van der Waals surface area contributed by atoms with Gasteiger partial charge in [0, 0.05) is 21.8 Å². The Morgan fingerprint density at radius 3 is 2.54 bits per heavy atom. The number of carboxylic acids is 1. The molecule has 4 aromatic rings. The van der Waals surface area contributed by atoms with Crippen LogP contribution >= 0.6 is 23.4 Å². The number of nitrogens with one attached hydrogen (secondary N) is 1. The van der Waals surface area contributed by atoms with Crippen molar-refractivity contribution in [3.63, 3.8) is 0 Å². The Balaban J connectivity index is 1.47. The molecule has 0 aliphatic heterocycles. The molecular formula is C26H22ClN5O4S. The third kappa shape index (κ3) is 6.96. The summed E-state index contributed by atoms with van der Waals surface area (Å²) >= 11 is 7.27. The van der Waals surface area contributed by atoms with E-state index >= 15 is 0 Å². The zero-order valence-corrected chi connectivity index (χ0v) is 21.2. The number of halogens is 1. The number of aliphatic carboxylic acids is 1. The number of thioether (sulfide) groups is 1. The van der Waals surface area contributed by atoms with Crippen molar-refractivity contribution in [3.05, 3.63) is 88.9 Å². The fourth-order valence-corrected chi connectivity index (χ4v) is 4.14. The molecule has 0 unspecified atom stereocenters. The van der Waals surface area contributed by atoms with Gasteiger partial charge in [-0.05, 0) is 55.5 Å². The molecule has 3 aromatic carbocycles. The lowest BCUT2D eigenvalue weighted by Crippen LogP contribution is -2.20. The minimum absolute atomic E-state index is 0.0408. The molecule has 0 radical (unpaired) electrons. The molecule has 0 saturated heterocycles. The van der Waals surface area contributed by atoms with Gasteiger partial charge in [0.25, 0.3) is 5.91 Å². The van der Waals surface area contributed by atoms with Crippen molar-refractivity contribution < 1.29 is 19.4 Å². The summed E-state index contributed by atoms with van der Waals surface area (Å²) in [6.45, 7) is 1.53. The third-order valence-electron chi connectivity index (χ3n) is 5.02. The molecule has 4 rings (SSSR count). The summed E-state index contributed by atoms with van der Waals surface area (Å²) in [6.07, 6.45) is 1.40. The van der Waals surface area contributed by atoms with E-state index in [0.29, 0.717) is 27.3 Å². The largest absolute Gasteiger partial charge is 0.481 e. The van der Waals surface area contributed by atoms with Gasteiger partial charge in [0.2, 0.25) is 0 Å². The SMILES string of the molecule is Cc1ccc(-n2c(SCC(=O)NN=Cc3ccccc3OCC(=O)O)nnc2-c2ccc(Cl)cc2)cc1. The fraction of sp³-hybridized carbons (Fsp3) is 0.115. The number of carbonyl (C=O) groups is 2. The van der Waals surface area contributed by atoms with Crippen molar-refractivity contribution in [2.24, 2.45) is 5.10 Å². The Hall–Kier alpha value is -4.15. The lowest BCUT2D eigenvalue weighted by atomic mass is 10.2. The van der Waals surface area contributed by atoms with E-state index in [0.717, 1.165) is 16.8 Å². The number of benzene rings is 3. The zero-order valence-electron chi connectivity index (χ0n) is 19.7. The average Bonchev–Trinajstić information content (AvgIpc) is 3.31. The van der Waals surface area contributed by atoms with Crippen LogP contribution in [-0.4, -0.2) is 50.3 Å². The van der Waals surface area contributed by atoms with Gasteiger partial charge in [0.05, 0.1) is 12.0 Å². The van der Waals surface area contributed by atoms with Crippen LogP contribution < -0.4 is 10.2 Å². The number of nitrogens with zero attached hydrogens (tertiary/aromatic N) is 4. The molecule has 188 valence electrons. The van der Waals surface area contributed by atoms with E-state index in [1.165, 1.54) is 18.0 Å². The summed E-state index contributed by atoms with van der Waals surface area (Å²) in [5.41, 5.74) is 5.81. The molecule has 0 spiro atoms. The van der Waals surface area contributed by atoms with Crippen LogP contribution in [0.5, 0.6) is 5.75 Å². The van der Waals surface area contributed by atoms with Crippen molar-refractivity contribution in [1.82, 2.24) is 20.2 Å². The van der Waals surface area contributed by atoms with Crippen molar-refractivity contribution in [3.8, 4) is 22.8 Å². The van der Waals surface area contributed by atoms with Crippen molar-refractivity contribution in [1.29, 1.82) is 0 Å². The molecule has 0 atom stereocenters. The summed E-state index contributed by atoms with van der Waals surface area (Å²) in [5.74, 6) is -0.428. The van der Waals surface area contributed by atoms with Gasteiger partial charge >= 0.3 is 5.97 Å². The number of hydrogen-bond acceptors (Lipinski definition) is 7. The summed E-state index contributed by atoms with van der Waals surface area (Å²) in [7, 11) is 0. The van der Waals surface area contributed by atoms with E-state index in [-0.39, 0.29) is 11.7 Å². The molecule has 2 N–H and O–H groups in total. The second-order valence-corrected chi connectivity index (χ2v) is 9.17. The highest BCUT2D eigenvalue weighted by Crippen LogP contribution is 2.29. The first kappa shape index (κ1) is 25.9. The number of hydrogen-bond donors (Lipinski definition) is 2. The first-order valence-corrected chi connectivity index (χ1v) is 12.4. The highest BCUT2D eigenvalue weighted by molar-refractivity contribution is 7.99. The van der Waals surface area contributed by atoms with Crippen LogP contribution in [0.3, 0.4) is 0 Å². The van der Waals surface area contributed by atoms with Crippen LogP contribution in [0, 0.1) is 6.92 Å². The van der Waals surface area contributed by atoms with Gasteiger partial charge in [0.15, 0.2) is 17.6 Å². The van der Waals surface area contributed by atoms with Crippen LogP contribution in [0.25, 0.3) is 17.1 Å². The van der Waals surface area contributed by atoms with E-state index in [1.54, 1.807) is 36.4 Å². The number of hydrazone groups is 1. The molecule has 1 amide bonds. The van der Waals surface area contributed by atoms with Crippen molar-refractivity contribution in [2.75, 3.05) is 12.4 Å². The number of aryl methyl sites for hydroxylation is 1. The quantitative estimate of drug-likeness (QED) is 0.173. The second kappa shape index (κ2) is 12.2. The Morgan fingerprint density at radius 1 is 1.08 bits per heavy atom. The lowest BCUT2D eigenvalue weighted by molar-refractivity contribution is -0.139. The summed E-state index contributed by atoms with van der Waals surface area (Å²) in [6, 6.07) is 22.0. The summed E-state index contributed by atoms with van der Waals surface area (Å²) < 4.78 is 7.13. The number of ether oxygens (including phenoxy) is 1. The molecule has 1 heterocycles. The van der Waals surface area contributed by atoms with Gasteiger partial charge in [-0.25, -0.2) is 10.2 Å². The number of carbonyl (C=O) groups excluding carboxylic acids is 1. The Bertz CT molecular complexity index is 1420. The van der Waals surface area contributed by atoms with Gasteiger partial charge < -0.3 is 9.84 Å². The molecular weight excluding hydrogens is 514 g/mol.